The van der Waals surface area contributed by atoms with Gasteiger partial charge in [-0.15, -0.1) is 11.3 Å². The molecular weight excluding hydrogens is 598 g/mol. The van der Waals surface area contributed by atoms with Crippen molar-refractivity contribution in [3.05, 3.63) is 84.7 Å². The second-order valence-electron chi connectivity index (χ2n) is 10.4. The Hall–Kier alpha value is -3.08. The lowest BCUT2D eigenvalue weighted by Gasteiger charge is -2.29. The number of thiophene rings is 1. The first-order valence-electron chi connectivity index (χ1n) is 12.9. The van der Waals surface area contributed by atoms with Crippen LogP contribution in [0.3, 0.4) is 0 Å². The topological polar surface area (TPSA) is 71.0 Å². The highest BCUT2D eigenvalue weighted by Gasteiger charge is 2.62. The number of oxime groups is 1. The molecule has 12 heteroatoms. The molecule has 0 spiro atoms. The second-order valence-corrected chi connectivity index (χ2v) is 12.4. The van der Waals surface area contributed by atoms with Gasteiger partial charge < -0.3 is 15.1 Å². The molecule has 2 amide bonds. The van der Waals surface area contributed by atoms with Crippen LogP contribution in [0.4, 0.5) is 18.2 Å². The summed E-state index contributed by atoms with van der Waals surface area (Å²) in [4.78, 5) is 34.0. The number of nitrogens with zero attached hydrogens (tertiary/aromatic N) is 2. The molecule has 1 atom stereocenters. The van der Waals surface area contributed by atoms with Crippen molar-refractivity contribution >= 4 is 57.1 Å². The van der Waals surface area contributed by atoms with Crippen molar-refractivity contribution in [3.8, 4) is 0 Å². The summed E-state index contributed by atoms with van der Waals surface area (Å²) < 4.78 is 43.1. The second kappa shape index (κ2) is 11.0. The number of carbonyl (C=O) groups is 2. The minimum Gasteiger partial charge on any atom is -0.374 e. The summed E-state index contributed by atoms with van der Waals surface area (Å²) in [7, 11) is 3.35. The summed E-state index contributed by atoms with van der Waals surface area (Å²) in [5, 5.41) is 7.31. The molecule has 6 nitrogen and oxygen atoms in total. The van der Waals surface area contributed by atoms with Crippen LogP contribution in [0.1, 0.15) is 67.1 Å². The van der Waals surface area contributed by atoms with Crippen molar-refractivity contribution in [2.75, 3.05) is 19.4 Å². The first-order valence-corrected chi connectivity index (χ1v) is 14.4. The molecule has 0 saturated heterocycles. The van der Waals surface area contributed by atoms with Crippen molar-refractivity contribution in [1.82, 2.24) is 4.90 Å². The zero-order valence-electron chi connectivity index (χ0n) is 22.4. The fraction of sp³-hybridized carbons (Fsp3) is 0.345. The van der Waals surface area contributed by atoms with Gasteiger partial charge in [0.25, 0.3) is 17.4 Å². The van der Waals surface area contributed by atoms with Gasteiger partial charge in [0.05, 0.1) is 11.3 Å². The van der Waals surface area contributed by atoms with Crippen molar-refractivity contribution < 1.29 is 27.6 Å². The molecule has 5 rings (SSSR count). The van der Waals surface area contributed by atoms with Gasteiger partial charge >= 0.3 is 6.18 Å². The van der Waals surface area contributed by atoms with Crippen LogP contribution in [-0.2, 0) is 23.3 Å². The van der Waals surface area contributed by atoms with Gasteiger partial charge in [-0.1, -0.05) is 34.4 Å². The van der Waals surface area contributed by atoms with Crippen molar-refractivity contribution in [2.24, 2.45) is 5.16 Å². The lowest BCUT2D eigenvalue weighted by molar-refractivity contribution is -0.275. The molecule has 0 bridgehead atoms. The maximum Gasteiger partial charge on any atom is 0.435 e. The molecule has 3 aromatic rings. The third-order valence-electron chi connectivity index (χ3n) is 7.34. The van der Waals surface area contributed by atoms with E-state index in [1.807, 2.05) is 0 Å². The SMILES string of the molecule is Cc1cc(C2=NOC(c3cc(Cl)cc(Cl)c3)(C(F)(F)F)C2)ccc1C(=O)Nc1sc2c(c1C(=O)N(C)C)CCCC2. The zero-order valence-corrected chi connectivity index (χ0v) is 24.7. The molecule has 1 aromatic heterocycles. The largest absolute Gasteiger partial charge is 0.435 e. The van der Waals surface area contributed by atoms with E-state index in [9.17, 15) is 22.8 Å². The Labute approximate surface area is 249 Å². The number of nitrogens with one attached hydrogen (secondary N) is 1. The van der Waals surface area contributed by atoms with Crippen molar-refractivity contribution in [3.63, 3.8) is 0 Å². The molecular formula is C29H26Cl2F3N3O3S. The third kappa shape index (κ3) is 5.45. The fourth-order valence-electron chi connectivity index (χ4n) is 5.22. The highest BCUT2D eigenvalue weighted by molar-refractivity contribution is 7.17. The molecule has 1 N–H and O–H groups in total. The first-order chi connectivity index (χ1) is 19.3. The Morgan fingerprint density at radius 2 is 1.76 bits per heavy atom. The van der Waals surface area contributed by atoms with Gasteiger partial charge in [0, 0.05) is 46.6 Å². The third-order valence-corrected chi connectivity index (χ3v) is 8.98. The Morgan fingerprint density at radius 1 is 1.07 bits per heavy atom. The molecule has 216 valence electrons. The smallest absolute Gasteiger partial charge is 0.374 e. The van der Waals surface area contributed by atoms with Crippen LogP contribution in [0.25, 0.3) is 0 Å². The summed E-state index contributed by atoms with van der Waals surface area (Å²) in [5.74, 6) is -0.580. The van der Waals surface area contributed by atoms with Gasteiger partial charge in [-0.05, 0) is 79.6 Å². The maximum atomic E-state index is 14.4. The highest BCUT2D eigenvalue weighted by Crippen LogP contribution is 2.50. The minimum atomic E-state index is -4.82. The monoisotopic (exact) mass is 623 g/mol. The van der Waals surface area contributed by atoms with E-state index in [-0.39, 0.29) is 27.2 Å². The van der Waals surface area contributed by atoms with E-state index >= 15 is 0 Å². The molecule has 1 unspecified atom stereocenters. The Kier molecular flexibility index (Phi) is 7.86. The summed E-state index contributed by atoms with van der Waals surface area (Å²) in [5.41, 5.74) is -0.182. The van der Waals surface area contributed by atoms with E-state index in [0.29, 0.717) is 27.3 Å². The van der Waals surface area contributed by atoms with Crippen LogP contribution in [0.5, 0.6) is 0 Å². The predicted molar refractivity (Wildman–Crippen MR) is 155 cm³/mol. The average Bonchev–Trinajstić information content (AvgIpc) is 3.50. The molecule has 0 saturated carbocycles. The number of hydrogen-bond acceptors (Lipinski definition) is 5. The number of anilines is 1. The fourth-order valence-corrected chi connectivity index (χ4v) is 7.02. The van der Waals surface area contributed by atoms with Crippen LogP contribution in [0, 0.1) is 6.92 Å². The van der Waals surface area contributed by atoms with Crippen LogP contribution < -0.4 is 5.32 Å². The van der Waals surface area contributed by atoms with Crippen LogP contribution in [0.2, 0.25) is 10.0 Å². The Bertz CT molecular complexity index is 1560. The molecule has 2 heterocycles. The standard InChI is InChI=1S/C29H26Cl2F3N3O3S/c1-15-10-16(22-14-28(40-36-22,29(32,33)34)17-11-18(30)13-19(31)12-17)8-9-20(15)25(38)35-26-24(27(39)37(2)3)21-6-4-5-7-23(21)41-26/h8-13H,4-7,14H2,1-3H3,(H,35,38). The van der Waals surface area contributed by atoms with E-state index in [1.165, 1.54) is 34.4 Å². The van der Waals surface area contributed by atoms with Crippen LogP contribution >= 0.6 is 34.5 Å². The van der Waals surface area contributed by atoms with Gasteiger partial charge in [0.15, 0.2) is 0 Å². The van der Waals surface area contributed by atoms with Crippen molar-refractivity contribution in [1.29, 1.82) is 0 Å². The number of benzene rings is 2. The van der Waals surface area contributed by atoms with Gasteiger partial charge in [0.2, 0.25) is 0 Å². The number of hydrogen-bond donors (Lipinski definition) is 1. The predicted octanol–water partition coefficient (Wildman–Crippen LogP) is 7.78. The van der Waals surface area contributed by atoms with E-state index in [4.69, 9.17) is 28.0 Å². The molecule has 41 heavy (non-hydrogen) atoms. The molecule has 0 fully saturated rings. The van der Waals surface area contributed by atoms with Gasteiger partial charge in [-0.3, -0.25) is 9.59 Å². The van der Waals surface area contributed by atoms with Crippen LogP contribution in [-0.4, -0.2) is 42.7 Å². The molecule has 1 aliphatic carbocycles. The van der Waals surface area contributed by atoms with E-state index in [1.54, 1.807) is 27.1 Å². The lowest BCUT2D eigenvalue weighted by Crippen LogP contribution is -2.42. The summed E-state index contributed by atoms with van der Waals surface area (Å²) in [6.45, 7) is 1.69. The quantitative estimate of drug-likeness (QED) is 0.315. The average molecular weight is 625 g/mol. The van der Waals surface area contributed by atoms with E-state index in [0.717, 1.165) is 48.3 Å². The molecule has 2 aromatic carbocycles. The number of amides is 2. The molecule has 2 aliphatic rings. The summed E-state index contributed by atoms with van der Waals surface area (Å²) in [6, 6.07) is 8.33. The van der Waals surface area contributed by atoms with E-state index < -0.39 is 24.1 Å². The zero-order chi connectivity index (χ0) is 29.7. The number of alkyl halides is 3. The van der Waals surface area contributed by atoms with Gasteiger partial charge in [0.1, 0.15) is 5.00 Å². The Balaban J connectivity index is 1.41. The minimum absolute atomic E-state index is 0.0430. The number of rotatable bonds is 5. The number of halogens is 5. The lowest BCUT2D eigenvalue weighted by atomic mass is 9.86. The molecule has 1 aliphatic heterocycles. The number of aryl methyl sites for hydroxylation is 2. The summed E-state index contributed by atoms with van der Waals surface area (Å²) in [6.07, 6.45) is -1.75. The highest BCUT2D eigenvalue weighted by atomic mass is 35.5. The number of fused-ring (bicyclic) bond motifs is 1. The van der Waals surface area contributed by atoms with E-state index in [2.05, 4.69) is 10.5 Å². The molecule has 0 radical (unpaired) electrons. The maximum absolute atomic E-state index is 14.4. The van der Waals surface area contributed by atoms with Gasteiger partial charge in [-0.2, -0.15) is 13.2 Å². The van der Waals surface area contributed by atoms with Gasteiger partial charge in [-0.25, -0.2) is 0 Å². The Morgan fingerprint density at radius 3 is 2.39 bits per heavy atom. The van der Waals surface area contributed by atoms with Crippen LogP contribution in [0.15, 0.2) is 41.6 Å². The normalized spacial score (nSPS) is 18.4. The van der Waals surface area contributed by atoms with Crippen molar-refractivity contribution in [2.45, 2.75) is 50.8 Å². The summed E-state index contributed by atoms with van der Waals surface area (Å²) >= 11 is 13.4. The first kappa shape index (κ1) is 29.4. The number of carbonyl (C=O) groups excluding carboxylic acids is 2.